The van der Waals surface area contributed by atoms with Crippen LogP contribution in [0.3, 0.4) is 0 Å². The molecule has 9 heteroatoms. The minimum absolute atomic E-state index is 0.395. The maximum atomic E-state index is 11.8. The first kappa shape index (κ1) is 20.4. The third kappa shape index (κ3) is 5.35. The normalized spacial score (nSPS) is 13.0. The minimum Gasteiger partial charge on any atom is -0.481 e. The zero-order chi connectivity index (χ0) is 20.6. The van der Waals surface area contributed by atoms with E-state index >= 15 is 0 Å². The average Bonchev–Trinajstić information content (AvgIpc) is 3.27. The van der Waals surface area contributed by atoms with Crippen LogP contribution in [-0.4, -0.2) is 36.7 Å². The molecule has 0 amide bonds. The van der Waals surface area contributed by atoms with Crippen LogP contribution in [0, 0.1) is 5.92 Å². The molecule has 0 bridgehead atoms. The van der Waals surface area contributed by atoms with Crippen molar-refractivity contribution in [1.82, 2.24) is 25.6 Å². The van der Waals surface area contributed by atoms with Crippen molar-refractivity contribution in [1.29, 1.82) is 0 Å². The quantitative estimate of drug-likeness (QED) is 0.475. The molecular formula is C20H24N6O3. The van der Waals surface area contributed by atoms with Crippen LogP contribution in [0.15, 0.2) is 42.6 Å². The fourth-order valence-electron chi connectivity index (χ4n) is 3.21. The fraction of sp³-hybridized carbons (Fsp3) is 0.350. The number of aliphatic carboxylic acids is 1. The predicted octanol–water partition coefficient (Wildman–Crippen LogP) is 2.67. The Labute approximate surface area is 168 Å². The molecule has 2 heterocycles. The number of carboxylic acid groups (broad SMARTS) is 1. The van der Waals surface area contributed by atoms with Gasteiger partial charge in [0.1, 0.15) is 5.75 Å². The molecule has 2 aromatic heterocycles. The van der Waals surface area contributed by atoms with Crippen molar-refractivity contribution in [2.24, 2.45) is 11.7 Å². The number of tetrazole rings is 1. The van der Waals surface area contributed by atoms with Crippen LogP contribution < -0.4 is 10.5 Å². The molecule has 9 nitrogen and oxygen atoms in total. The van der Waals surface area contributed by atoms with Gasteiger partial charge in [0.2, 0.25) is 5.88 Å². The Morgan fingerprint density at radius 2 is 1.97 bits per heavy atom. The molecule has 0 fully saturated rings. The van der Waals surface area contributed by atoms with E-state index in [2.05, 4.69) is 25.6 Å². The molecule has 0 spiro atoms. The number of carbonyl (C=O) groups is 1. The van der Waals surface area contributed by atoms with Gasteiger partial charge in [-0.3, -0.25) is 4.79 Å². The molecule has 0 saturated carbocycles. The van der Waals surface area contributed by atoms with E-state index in [0.717, 1.165) is 17.5 Å². The topological polar surface area (TPSA) is 140 Å². The van der Waals surface area contributed by atoms with Gasteiger partial charge in [-0.25, -0.2) is 4.98 Å². The Morgan fingerprint density at radius 1 is 1.21 bits per heavy atom. The van der Waals surface area contributed by atoms with E-state index in [1.165, 1.54) is 0 Å². The van der Waals surface area contributed by atoms with Crippen LogP contribution in [0.25, 0.3) is 0 Å². The lowest BCUT2D eigenvalue weighted by Crippen LogP contribution is -2.25. The summed E-state index contributed by atoms with van der Waals surface area (Å²) in [6.07, 6.45) is 3.40. The maximum absolute atomic E-state index is 11.8. The monoisotopic (exact) mass is 396 g/mol. The number of aromatic amines is 1. The zero-order valence-electron chi connectivity index (χ0n) is 16.2. The number of hydrogen-bond donors (Lipinski definition) is 3. The summed E-state index contributed by atoms with van der Waals surface area (Å²) >= 11 is 0. The first-order valence-electron chi connectivity index (χ1n) is 9.48. The highest BCUT2D eigenvalue weighted by atomic mass is 16.5. The maximum Gasteiger partial charge on any atom is 0.307 e. The molecule has 0 radical (unpaired) electrons. The van der Waals surface area contributed by atoms with E-state index in [4.69, 9.17) is 10.5 Å². The first-order valence-corrected chi connectivity index (χ1v) is 9.48. The third-order valence-corrected chi connectivity index (χ3v) is 4.73. The highest BCUT2D eigenvalue weighted by Crippen LogP contribution is 2.30. The predicted molar refractivity (Wildman–Crippen MR) is 105 cm³/mol. The number of carboxylic acids is 1. The first-order chi connectivity index (χ1) is 14.1. The molecular weight excluding hydrogens is 372 g/mol. The second-order valence-corrected chi connectivity index (χ2v) is 6.77. The van der Waals surface area contributed by atoms with Crippen molar-refractivity contribution >= 4 is 5.97 Å². The van der Waals surface area contributed by atoms with Crippen LogP contribution in [0.1, 0.15) is 42.6 Å². The van der Waals surface area contributed by atoms with Crippen molar-refractivity contribution in [3.8, 4) is 11.6 Å². The second-order valence-electron chi connectivity index (χ2n) is 6.77. The van der Waals surface area contributed by atoms with Crippen LogP contribution >= 0.6 is 0 Å². The van der Waals surface area contributed by atoms with Crippen LogP contribution in [0.5, 0.6) is 11.6 Å². The lowest BCUT2D eigenvalue weighted by Gasteiger charge is -2.20. The van der Waals surface area contributed by atoms with Crippen LogP contribution in [-0.2, 0) is 17.8 Å². The number of H-pyrrole nitrogens is 1. The van der Waals surface area contributed by atoms with E-state index in [1.807, 2.05) is 37.3 Å². The standard InChI is InChI=1S/C20H24N6O3/c1-2-3-16(20(27)28)17(19-23-25-26-24-19)10-14-6-9-18(22-12-14)29-15-7-4-13(11-21)5-8-15/h4-9,12,16-17H,2-3,10-11,21H2,1H3,(H,27,28)(H,23,24,25,26). The van der Waals surface area contributed by atoms with Gasteiger partial charge in [-0.15, -0.1) is 10.2 Å². The molecule has 4 N–H and O–H groups in total. The van der Waals surface area contributed by atoms with Gasteiger partial charge < -0.3 is 15.6 Å². The van der Waals surface area contributed by atoms with Crippen LogP contribution in [0.2, 0.25) is 0 Å². The van der Waals surface area contributed by atoms with E-state index < -0.39 is 17.8 Å². The molecule has 0 aliphatic heterocycles. The minimum atomic E-state index is -0.865. The second kappa shape index (κ2) is 9.74. The lowest BCUT2D eigenvalue weighted by atomic mass is 9.83. The summed E-state index contributed by atoms with van der Waals surface area (Å²) in [5.41, 5.74) is 7.49. The van der Waals surface area contributed by atoms with E-state index in [-0.39, 0.29) is 0 Å². The molecule has 152 valence electrons. The summed E-state index contributed by atoms with van der Waals surface area (Å²) in [6, 6.07) is 11.1. The van der Waals surface area contributed by atoms with Crippen molar-refractivity contribution in [3.63, 3.8) is 0 Å². The van der Waals surface area contributed by atoms with Gasteiger partial charge in [0.15, 0.2) is 5.82 Å². The van der Waals surface area contributed by atoms with Gasteiger partial charge >= 0.3 is 5.97 Å². The van der Waals surface area contributed by atoms with Crippen molar-refractivity contribution < 1.29 is 14.6 Å². The Kier molecular flexibility index (Phi) is 6.85. The highest BCUT2D eigenvalue weighted by Gasteiger charge is 2.32. The molecule has 3 rings (SSSR count). The summed E-state index contributed by atoms with van der Waals surface area (Å²) in [5.74, 6) is -0.352. The number of nitrogens with two attached hydrogens (primary N) is 1. The van der Waals surface area contributed by atoms with Crippen molar-refractivity contribution in [2.75, 3.05) is 0 Å². The molecule has 0 aliphatic rings. The Hall–Kier alpha value is -3.33. The average molecular weight is 396 g/mol. The molecule has 2 unspecified atom stereocenters. The Morgan fingerprint density at radius 3 is 2.52 bits per heavy atom. The van der Waals surface area contributed by atoms with E-state index in [1.54, 1.807) is 12.3 Å². The van der Waals surface area contributed by atoms with Crippen LogP contribution in [0.4, 0.5) is 0 Å². The third-order valence-electron chi connectivity index (χ3n) is 4.73. The van der Waals surface area contributed by atoms with Gasteiger partial charge in [-0.2, -0.15) is 5.21 Å². The number of benzene rings is 1. The number of ether oxygens (including phenoxy) is 1. The number of nitrogens with one attached hydrogen (secondary N) is 1. The Balaban J connectivity index is 1.73. The summed E-state index contributed by atoms with van der Waals surface area (Å²) in [7, 11) is 0. The number of nitrogens with zero attached hydrogens (tertiary/aromatic N) is 4. The highest BCUT2D eigenvalue weighted by molar-refractivity contribution is 5.71. The summed E-state index contributed by atoms with van der Waals surface area (Å²) < 4.78 is 5.75. The number of hydrogen-bond acceptors (Lipinski definition) is 7. The largest absolute Gasteiger partial charge is 0.481 e. The molecule has 0 saturated heterocycles. The van der Waals surface area contributed by atoms with Gasteiger partial charge in [0.05, 0.1) is 5.92 Å². The molecule has 3 aromatic rings. The summed E-state index contributed by atoms with van der Waals surface area (Å²) in [5, 5.41) is 23.7. The molecule has 0 aliphatic carbocycles. The number of pyridine rings is 1. The number of rotatable bonds is 10. The van der Waals surface area contributed by atoms with E-state index in [9.17, 15) is 9.90 Å². The van der Waals surface area contributed by atoms with Gasteiger partial charge in [-0.05, 0) is 36.1 Å². The van der Waals surface area contributed by atoms with E-state index in [0.29, 0.717) is 36.8 Å². The van der Waals surface area contributed by atoms with Gasteiger partial charge in [0, 0.05) is 24.7 Å². The molecule has 29 heavy (non-hydrogen) atoms. The summed E-state index contributed by atoms with van der Waals surface area (Å²) in [6.45, 7) is 2.43. The van der Waals surface area contributed by atoms with Crippen molar-refractivity contribution in [3.05, 3.63) is 59.5 Å². The fourth-order valence-corrected chi connectivity index (χ4v) is 3.21. The Bertz CT molecular complexity index is 897. The van der Waals surface area contributed by atoms with Gasteiger partial charge in [-0.1, -0.05) is 36.8 Å². The molecule has 2 atom stereocenters. The van der Waals surface area contributed by atoms with Gasteiger partial charge in [0.25, 0.3) is 0 Å². The smallest absolute Gasteiger partial charge is 0.307 e. The zero-order valence-corrected chi connectivity index (χ0v) is 16.2. The molecule has 1 aromatic carbocycles. The SMILES string of the molecule is CCCC(C(=O)O)C(Cc1ccc(Oc2ccc(CN)cc2)nc1)c1nn[nH]n1. The summed E-state index contributed by atoms with van der Waals surface area (Å²) in [4.78, 5) is 16.1. The lowest BCUT2D eigenvalue weighted by molar-refractivity contribution is -0.142. The number of aromatic nitrogens is 5. The van der Waals surface area contributed by atoms with Crippen molar-refractivity contribution in [2.45, 2.75) is 38.6 Å².